The zero-order valence-corrected chi connectivity index (χ0v) is 19.0. The van der Waals surface area contributed by atoms with Crippen LogP contribution in [0, 0.1) is 11.3 Å². The largest absolute Gasteiger partial charge is 0.481 e. The standard InChI is InChI=1S/C24H24N4O4S/c1-32-22-10-6-9-21(26-22)24(12-3-2-4-13-24)33(30,31)27-20-11-14-28(23(20)29)17-19-8-5-7-18(15-19)16-25/h2-10,12,15,20,27H,11,13-14,17H2,1H3/t20-,24?/m0/s1. The van der Waals surface area contributed by atoms with Gasteiger partial charge in [0, 0.05) is 19.2 Å². The van der Waals surface area contributed by atoms with Crippen molar-refractivity contribution in [1.82, 2.24) is 14.6 Å². The van der Waals surface area contributed by atoms with Gasteiger partial charge in [-0.25, -0.2) is 18.1 Å². The number of nitrogens with zero attached hydrogens (tertiary/aromatic N) is 3. The zero-order chi connectivity index (χ0) is 23.5. The molecule has 1 N–H and O–H groups in total. The van der Waals surface area contributed by atoms with Crippen LogP contribution < -0.4 is 9.46 Å². The molecule has 170 valence electrons. The molecule has 2 aromatic rings. The van der Waals surface area contributed by atoms with Crippen molar-refractivity contribution in [2.75, 3.05) is 13.7 Å². The zero-order valence-electron chi connectivity index (χ0n) is 18.1. The number of nitriles is 1. The van der Waals surface area contributed by atoms with Crippen LogP contribution in [0.5, 0.6) is 5.88 Å². The highest BCUT2D eigenvalue weighted by Gasteiger charge is 2.47. The van der Waals surface area contributed by atoms with Crippen LogP contribution in [-0.4, -0.2) is 43.9 Å². The van der Waals surface area contributed by atoms with Crippen LogP contribution in [0.25, 0.3) is 0 Å². The van der Waals surface area contributed by atoms with Crippen LogP contribution in [0.4, 0.5) is 0 Å². The number of nitrogens with one attached hydrogen (secondary N) is 1. The third kappa shape index (κ3) is 4.40. The van der Waals surface area contributed by atoms with E-state index in [-0.39, 0.29) is 12.3 Å². The van der Waals surface area contributed by atoms with Crippen molar-refractivity contribution in [3.8, 4) is 11.9 Å². The maximum Gasteiger partial charge on any atom is 0.241 e. The van der Waals surface area contributed by atoms with E-state index in [1.54, 1.807) is 65.6 Å². The number of methoxy groups -OCH3 is 1. The number of carbonyl (C=O) groups excluding carboxylic acids is 1. The normalized spacial score (nSPS) is 22.4. The Bertz CT molecular complexity index is 1270. The number of rotatable bonds is 7. The average Bonchev–Trinajstić information content (AvgIpc) is 3.17. The van der Waals surface area contributed by atoms with Crippen molar-refractivity contribution in [2.24, 2.45) is 0 Å². The summed E-state index contributed by atoms with van der Waals surface area (Å²) in [5, 5.41) is 9.09. The third-order valence-corrected chi connectivity index (χ3v) is 7.97. The number of pyridine rings is 1. The Labute approximate surface area is 193 Å². The summed E-state index contributed by atoms with van der Waals surface area (Å²) in [6.07, 6.45) is 7.37. The summed E-state index contributed by atoms with van der Waals surface area (Å²) in [5.41, 5.74) is 1.66. The van der Waals surface area contributed by atoms with Gasteiger partial charge >= 0.3 is 0 Å². The van der Waals surface area contributed by atoms with Crippen LogP contribution in [0.15, 0.2) is 66.8 Å². The lowest BCUT2D eigenvalue weighted by Crippen LogP contribution is -2.49. The molecule has 0 radical (unpaired) electrons. The highest BCUT2D eigenvalue weighted by Crippen LogP contribution is 2.38. The Kier molecular flexibility index (Phi) is 6.31. The summed E-state index contributed by atoms with van der Waals surface area (Å²) in [7, 11) is -2.57. The van der Waals surface area contributed by atoms with Gasteiger partial charge in [-0.1, -0.05) is 42.5 Å². The molecule has 0 saturated carbocycles. The fourth-order valence-corrected chi connectivity index (χ4v) is 5.92. The van der Waals surface area contributed by atoms with Gasteiger partial charge in [-0.15, -0.1) is 0 Å². The number of benzene rings is 1. The number of hydrogen-bond donors (Lipinski definition) is 1. The van der Waals surface area contributed by atoms with Crippen LogP contribution in [0.3, 0.4) is 0 Å². The lowest BCUT2D eigenvalue weighted by atomic mass is 9.95. The molecule has 1 aliphatic heterocycles. The molecular formula is C24H24N4O4S. The molecule has 2 atom stereocenters. The third-order valence-electron chi connectivity index (χ3n) is 5.90. The molecular weight excluding hydrogens is 440 g/mol. The summed E-state index contributed by atoms with van der Waals surface area (Å²) < 4.78 is 33.7. The predicted octanol–water partition coefficient (Wildman–Crippen LogP) is 2.39. The van der Waals surface area contributed by atoms with Crippen molar-refractivity contribution in [3.63, 3.8) is 0 Å². The SMILES string of the molecule is COc1cccc(C2(S(=O)(=O)N[C@H]3CCN(Cc4cccc(C#N)c4)C3=O)C=CC=CC2)n1. The summed E-state index contributed by atoms with van der Waals surface area (Å²) in [4.78, 5) is 19.0. The predicted molar refractivity (Wildman–Crippen MR) is 122 cm³/mol. The van der Waals surface area contributed by atoms with Gasteiger partial charge in [-0.3, -0.25) is 4.79 Å². The maximum atomic E-state index is 13.7. The number of carbonyl (C=O) groups is 1. The molecule has 33 heavy (non-hydrogen) atoms. The Morgan fingerprint density at radius 3 is 2.82 bits per heavy atom. The van der Waals surface area contributed by atoms with E-state index in [9.17, 15) is 13.2 Å². The maximum absolute atomic E-state index is 13.7. The Hall–Kier alpha value is -3.48. The smallest absolute Gasteiger partial charge is 0.241 e. The number of hydrogen-bond acceptors (Lipinski definition) is 6. The molecule has 1 amide bonds. The minimum atomic E-state index is -4.04. The van der Waals surface area contributed by atoms with E-state index in [0.29, 0.717) is 36.6 Å². The first-order valence-corrected chi connectivity index (χ1v) is 12.0. The molecule has 9 heteroatoms. The molecule has 2 heterocycles. The quantitative estimate of drug-likeness (QED) is 0.673. The topological polar surface area (TPSA) is 112 Å². The fourth-order valence-electron chi connectivity index (χ4n) is 4.15. The van der Waals surface area contributed by atoms with Gasteiger partial charge < -0.3 is 9.64 Å². The molecule has 2 aliphatic rings. The van der Waals surface area contributed by atoms with Crippen LogP contribution in [0.1, 0.15) is 29.7 Å². The van der Waals surface area contributed by atoms with Crippen molar-refractivity contribution < 1.29 is 17.9 Å². The van der Waals surface area contributed by atoms with Crippen molar-refractivity contribution >= 4 is 15.9 Å². The van der Waals surface area contributed by atoms with Crippen molar-refractivity contribution in [3.05, 3.63) is 83.6 Å². The number of allylic oxidation sites excluding steroid dienone is 3. The van der Waals surface area contributed by atoms with Gasteiger partial charge in [0.25, 0.3) is 0 Å². The second-order valence-corrected chi connectivity index (χ2v) is 9.95. The molecule has 1 fully saturated rings. The molecule has 0 spiro atoms. The first kappa shape index (κ1) is 22.7. The fraction of sp³-hybridized carbons (Fsp3) is 0.292. The van der Waals surface area contributed by atoms with Crippen LogP contribution in [-0.2, 0) is 26.1 Å². The second-order valence-electron chi connectivity index (χ2n) is 7.98. The van der Waals surface area contributed by atoms with Crippen molar-refractivity contribution in [1.29, 1.82) is 5.26 Å². The monoisotopic (exact) mass is 464 g/mol. The van der Waals surface area contributed by atoms with E-state index in [2.05, 4.69) is 15.8 Å². The summed E-state index contributed by atoms with van der Waals surface area (Å²) in [6, 6.07) is 13.3. The van der Waals surface area contributed by atoms with E-state index < -0.39 is 20.8 Å². The molecule has 1 aromatic carbocycles. The Balaban J connectivity index is 1.56. The van der Waals surface area contributed by atoms with Gasteiger partial charge in [-0.05, 0) is 36.6 Å². The molecule has 4 rings (SSSR count). The average molecular weight is 465 g/mol. The number of ether oxygens (including phenoxy) is 1. The van der Waals surface area contributed by atoms with E-state index >= 15 is 0 Å². The first-order chi connectivity index (χ1) is 15.9. The highest BCUT2D eigenvalue weighted by molar-refractivity contribution is 7.90. The van der Waals surface area contributed by atoms with E-state index in [1.165, 1.54) is 7.11 Å². The van der Waals surface area contributed by atoms with Gasteiger partial charge in [0.1, 0.15) is 10.8 Å². The molecule has 1 unspecified atom stereocenters. The van der Waals surface area contributed by atoms with E-state index in [1.807, 2.05) is 6.07 Å². The van der Waals surface area contributed by atoms with Gasteiger partial charge in [0.2, 0.25) is 21.8 Å². The van der Waals surface area contributed by atoms with Gasteiger partial charge in [-0.2, -0.15) is 5.26 Å². The number of sulfonamides is 1. The Morgan fingerprint density at radius 1 is 1.27 bits per heavy atom. The van der Waals surface area contributed by atoms with Crippen molar-refractivity contribution in [2.45, 2.75) is 30.2 Å². The lowest BCUT2D eigenvalue weighted by Gasteiger charge is -2.31. The van der Waals surface area contributed by atoms with Crippen LogP contribution in [0.2, 0.25) is 0 Å². The van der Waals surface area contributed by atoms with E-state index in [4.69, 9.17) is 10.00 Å². The molecule has 1 saturated heterocycles. The summed E-state index contributed by atoms with van der Waals surface area (Å²) in [5.74, 6) is 0.0257. The lowest BCUT2D eigenvalue weighted by molar-refractivity contribution is -0.129. The number of aromatic nitrogens is 1. The van der Waals surface area contributed by atoms with Crippen LogP contribution >= 0.6 is 0 Å². The van der Waals surface area contributed by atoms with Gasteiger partial charge in [0.05, 0.1) is 24.4 Å². The highest BCUT2D eigenvalue weighted by atomic mass is 32.2. The molecule has 0 bridgehead atoms. The summed E-state index contributed by atoms with van der Waals surface area (Å²) >= 11 is 0. The minimum absolute atomic E-state index is 0.185. The first-order valence-electron chi connectivity index (χ1n) is 10.5. The molecule has 1 aliphatic carbocycles. The minimum Gasteiger partial charge on any atom is -0.481 e. The number of amides is 1. The molecule has 1 aromatic heterocycles. The number of likely N-dealkylation sites (tertiary alicyclic amines) is 1. The second kappa shape index (κ2) is 9.17. The van der Waals surface area contributed by atoms with E-state index in [0.717, 1.165) is 5.56 Å². The van der Waals surface area contributed by atoms with Gasteiger partial charge in [0.15, 0.2) is 0 Å². The summed E-state index contributed by atoms with van der Waals surface area (Å²) in [6.45, 7) is 0.737. The molecule has 8 nitrogen and oxygen atoms in total. The Morgan fingerprint density at radius 2 is 2.09 bits per heavy atom.